The van der Waals surface area contributed by atoms with Crippen molar-refractivity contribution in [3.63, 3.8) is 0 Å². The maximum atomic E-state index is 14.3. The smallest absolute Gasteiger partial charge is 0.416 e. The molecule has 0 spiro atoms. The van der Waals surface area contributed by atoms with Gasteiger partial charge in [0.1, 0.15) is 34.5 Å². The Morgan fingerprint density at radius 3 is 2.12 bits per heavy atom. The third kappa shape index (κ3) is 5.90. The lowest BCUT2D eigenvalue weighted by Crippen LogP contribution is -2.44. The quantitative estimate of drug-likeness (QED) is 0.300. The Hall–Kier alpha value is -3.93. The fourth-order valence-corrected chi connectivity index (χ4v) is 2.81. The summed E-state index contributed by atoms with van der Waals surface area (Å²) < 4.78 is 84.8. The number of halogens is 7. The zero-order valence-corrected chi connectivity index (χ0v) is 17.3. The third-order valence-corrected chi connectivity index (χ3v) is 4.45. The van der Waals surface area contributed by atoms with Crippen molar-refractivity contribution in [3.05, 3.63) is 88.2 Å². The highest BCUT2D eigenvalue weighted by molar-refractivity contribution is 6.32. The molecular weight excluding hydrogens is 492 g/mol. The molecule has 0 unspecified atom stereocenters. The van der Waals surface area contributed by atoms with Crippen molar-refractivity contribution in [2.24, 2.45) is 0 Å². The number of carbonyl (C=O) groups excluding carboxylic acids is 2. The number of carbonyl (C=O) groups is 2. The fraction of sp³-hybridized carbons (Fsp3) is 0.0476. The Morgan fingerprint density at radius 1 is 0.853 bits per heavy atom. The van der Waals surface area contributed by atoms with Gasteiger partial charge in [0, 0.05) is 6.07 Å². The molecule has 0 saturated carbocycles. The predicted molar refractivity (Wildman–Crippen MR) is 109 cm³/mol. The molecule has 34 heavy (non-hydrogen) atoms. The summed E-state index contributed by atoms with van der Waals surface area (Å²) >= 11 is 5.78. The summed E-state index contributed by atoms with van der Waals surface area (Å²) in [6, 6.07) is 6.98. The molecule has 0 saturated heterocycles. The van der Waals surface area contributed by atoms with E-state index < -0.39 is 46.7 Å². The van der Waals surface area contributed by atoms with Gasteiger partial charge in [-0.2, -0.15) is 13.2 Å². The number of rotatable bonds is 4. The molecule has 0 radical (unpaired) electrons. The summed E-state index contributed by atoms with van der Waals surface area (Å²) in [6.45, 7) is 0. The molecule has 0 heterocycles. The van der Waals surface area contributed by atoms with Gasteiger partial charge in [0.05, 0.1) is 16.3 Å². The van der Waals surface area contributed by atoms with Crippen molar-refractivity contribution < 1.29 is 40.7 Å². The lowest BCUT2D eigenvalue weighted by molar-refractivity contribution is -0.137. The van der Waals surface area contributed by atoms with Crippen LogP contribution in [0.3, 0.4) is 0 Å². The number of benzene rings is 3. The normalized spacial score (nSPS) is 11.0. The number of anilines is 1. The van der Waals surface area contributed by atoms with Crippen LogP contribution in [-0.4, -0.2) is 11.9 Å². The number of ether oxygens (including phenoxy) is 1. The number of urea groups is 1. The van der Waals surface area contributed by atoms with Gasteiger partial charge < -0.3 is 10.1 Å². The van der Waals surface area contributed by atoms with Crippen molar-refractivity contribution in [1.29, 1.82) is 0 Å². The fourth-order valence-electron chi connectivity index (χ4n) is 2.59. The van der Waals surface area contributed by atoms with Gasteiger partial charge in [0.25, 0.3) is 5.91 Å². The SMILES string of the molecule is O=C(NNC(=O)c1c(F)cccc1F)Nc1ccc(Oc2ccc(C(F)(F)F)cc2Cl)cc1F. The van der Waals surface area contributed by atoms with E-state index in [2.05, 4.69) is 0 Å². The van der Waals surface area contributed by atoms with E-state index in [1.54, 1.807) is 10.9 Å². The molecule has 0 bridgehead atoms. The molecule has 3 N–H and O–H groups in total. The van der Waals surface area contributed by atoms with Gasteiger partial charge >= 0.3 is 12.2 Å². The van der Waals surface area contributed by atoms with E-state index in [1.807, 2.05) is 5.32 Å². The summed E-state index contributed by atoms with van der Waals surface area (Å²) in [5.41, 5.74) is 1.26. The van der Waals surface area contributed by atoms with E-state index in [9.17, 15) is 35.9 Å². The Bertz CT molecular complexity index is 1230. The molecule has 3 aromatic rings. The maximum Gasteiger partial charge on any atom is 0.416 e. The van der Waals surface area contributed by atoms with Crippen LogP contribution in [0.2, 0.25) is 5.02 Å². The van der Waals surface area contributed by atoms with Gasteiger partial charge in [-0.1, -0.05) is 17.7 Å². The summed E-state index contributed by atoms with van der Waals surface area (Å²) in [6.07, 6.45) is -4.61. The monoisotopic (exact) mass is 503 g/mol. The Kier molecular flexibility index (Phi) is 7.20. The van der Waals surface area contributed by atoms with Crippen LogP contribution in [0.25, 0.3) is 0 Å². The Morgan fingerprint density at radius 2 is 1.53 bits per heavy atom. The molecule has 0 aliphatic heterocycles. The van der Waals surface area contributed by atoms with Crippen LogP contribution < -0.4 is 20.9 Å². The van der Waals surface area contributed by atoms with Crippen molar-refractivity contribution in [2.45, 2.75) is 6.18 Å². The van der Waals surface area contributed by atoms with Crippen LogP contribution >= 0.6 is 11.6 Å². The van der Waals surface area contributed by atoms with Crippen molar-refractivity contribution in [1.82, 2.24) is 10.9 Å². The van der Waals surface area contributed by atoms with E-state index in [-0.39, 0.29) is 22.2 Å². The van der Waals surface area contributed by atoms with E-state index >= 15 is 0 Å². The molecule has 178 valence electrons. The van der Waals surface area contributed by atoms with Gasteiger partial charge in [-0.05, 0) is 42.5 Å². The second kappa shape index (κ2) is 9.91. The standard InChI is InChI=1S/C21H12ClF6N3O3/c22-12-8-10(21(26,27)28)4-7-17(12)34-11-5-6-16(15(25)9-11)29-20(33)31-30-19(32)18-13(23)2-1-3-14(18)24/h1-9H,(H,30,32)(H2,29,31,33). The van der Waals surface area contributed by atoms with Gasteiger partial charge in [-0.15, -0.1) is 0 Å². The summed E-state index contributed by atoms with van der Waals surface area (Å²) in [7, 11) is 0. The Labute approximate surface area is 192 Å². The van der Waals surface area contributed by atoms with E-state index in [1.165, 1.54) is 6.07 Å². The van der Waals surface area contributed by atoms with Crippen LogP contribution in [0.1, 0.15) is 15.9 Å². The Balaban J connectivity index is 1.62. The minimum Gasteiger partial charge on any atom is -0.456 e. The minimum atomic E-state index is -4.61. The zero-order chi connectivity index (χ0) is 25.0. The highest BCUT2D eigenvalue weighted by Gasteiger charge is 2.31. The first-order chi connectivity index (χ1) is 16.0. The number of hydrogen-bond acceptors (Lipinski definition) is 3. The average molecular weight is 504 g/mol. The minimum absolute atomic E-state index is 0.145. The molecule has 0 fully saturated rings. The molecule has 0 aliphatic carbocycles. The third-order valence-electron chi connectivity index (χ3n) is 4.16. The van der Waals surface area contributed by atoms with Crippen LogP contribution in [0.5, 0.6) is 11.5 Å². The molecule has 0 atom stereocenters. The lowest BCUT2D eigenvalue weighted by Gasteiger charge is -2.13. The second-order valence-electron chi connectivity index (χ2n) is 6.52. The molecule has 3 rings (SSSR count). The first-order valence-electron chi connectivity index (χ1n) is 9.11. The lowest BCUT2D eigenvalue weighted by atomic mass is 10.2. The number of hydrogen-bond donors (Lipinski definition) is 3. The molecular formula is C21H12ClF6N3O3. The summed E-state index contributed by atoms with van der Waals surface area (Å²) in [4.78, 5) is 23.7. The number of nitrogens with one attached hydrogen (secondary N) is 3. The predicted octanol–water partition coefficient (Wildman–Crippen LogP) is 6.03. The first-order valence-corrected chi connectivity index (χ1v) is 9.49. The first kappa shape index (κ1) is 24.7. The van der Waals surface area contributed by atoms with Crippen molar-refractivity contribution in [2.75, 3.05) is 5.32 Å². The highest BCUT2D eigenvalue weighted by atomic mass is 35.5. The average Bonchev–Trinajstić information content (AvgIpc) is 2.75. The molecule has 0 aromatic heterocycles. The number of hydrazine groups is 1. The summed E-state index contributed by atoms with van der Waals surface area (Å²) in [5, 5.41) is 1.68. The molecule has 13 heteroatoms. The van der Waals surface area contributed by atoms with E-state index in [0.717, 1.165) is 42.5 Å². The molecule has 3 aromatic carbocycles. The maximum absolute atomic E-state index is 14.3. The van der Waals surface area contributed by atoms with E-state index in [4.69, 9.17) is 16.3 Å². The number of alkyl halides is 3. The summed E-state index contributed by atoms with van der Waals surface area (Å²) in [5.74, 6) is -4.93. The van der Waals surface area contributed by atoms with Crippen molar-refractivity contribution >= 4 is 29.2 Å². The topological polar surface area (TPSA) is 79.5 Å². The van der Waals surface area contributed by atoms with Crippen LogP contribution in [0, 0.1) is 17.5 Å². The largest absolute Gasteiger partial charge is 0.456 e. The van der Waals surface area contributed by atoms with Gasteiger partial charge in [0.15, 0.2) is 0 Å². The second-order valence-corrected chi connectivity index (χ2v) is 6.92. The van der Waals surface area contributed by atoms with Crippen LogP contribution in [0.15, 0.2) is 54.6 Å². The zero-order valence-electron chi connectivity index (χ0n) is 16.6. The van der Waals surface area contributed by atoms with Crippen LogP contribution in [0.4, 0.5) is 36.8 Å². The van der Waals surface area contributed by atoms with Crippen LogP contribution in [-0.2, 0) is 6.18 Å². The van der Waals surface area contributed by atoms with Gasteiger partial charge in [-0.3, -0.25) is 10.2 Å². The van der Waals surface area contributed by atoms with Gasteiger partial charge in [-0.25, -0.2) is 23.4 Å². The molecule has 6 nitrogen and oxygen atoms in total. The van der Waals surface area contributed by atoms with Crippen molar-refractivity contribution in [3.8, 4) is 11.5 Å². The molecule has 0 aliphatic rings. The molecule has 3 amide bonds. The highest BCUT2D eigenvalue weighted by Crippen LogP contribution is 2.36. The van der Waals surface area contributed by atoms with E-state index in [0.29, 0.717) is 6.07 Å². The number of amides is 3. The van der Waals surface area contributed by atoms with Gasteiger partial charge in [0.2, 0.25) is 0 Å².